The molecule has 0 aliphatic heterocycles. The minimum atomic E-state index is 0.185. The van der Waals surface area contributed by atoms with Crippen LogP contribution in [0.5, 0.6) is 0 Å². The van der Waals surface area contributed by atoms with E-state index in [1.54, 1.807) is 23.8 Å². The average molecular weight is 180 g/mol. The standard InChI is InChI=1S/C8H8N2OS/c1-5(11)2-6-3-9-8-7(6)12-4-10-8/h3-4,9H,2H2,1H3. The Bertz CT molecular complexity index is 415. The number of fused-ring (bicyclic) bond motifs is 1. The van der Waals surface area contributed by atoms with Gasteiger partial charge in [-0.1, -0.05) is 0 Å². The van der Waals surface area contributed by atoms with E-state index in [1.165, 1.54) is 0 Å². The molecule has 0 saturated carbocycles. The number of aromatic amines is 1. The van der Waals surface area contributed by atoms with Gasteiger partial charge in [0.1, 0.15) is 11.4 Å². The van der Waals surface area contributed by atoms with Crippen molar-refractivity contribution < 1.29 is 4.79 Å². The third-order valence-corrected chi connectivity index (χ3v) is 2.58. The molecule has 0 bridgehead atoms. The molecule has 0 fully saturated rings. The zero-order valence-corrected chi connectivity index (χ0v) is 7.44. The number of thiazole rings is 1. The van der Waals surface area contributed by atoms with E-state index in [2.05, 4.69) is 9.97 Å². The fraction of sp³-hybridized carbons (Fsp3) is 0.250. The van der Waals surface area contributed by atoms with Crippen LogP contribution in [0.4, 0.5) is 0 Å². The van der Waals surface area contributed by atoms with E-state index < -0.39 is 0 Å². The molecule has 1 N–H and O–H groups in total. The highest BCUT2D eigenvalue weighted by atomic mass is 32.1. The van der Waals surface area contributed by atoms with Crippen LogP contribution in [0.2, 0.25) is 0 Å². The Morgan fingerprint density at radius 3 is 3.33 bits per heavy atom. The topological polar surface area (TPSA) is 45.8 Å². The second kappa shape index (κ2) is 2.71. The molecule has 0 amide bonds. The van der Waals surface area contributed by atoms with E-state index in [0.29, 0.717) is 6.42 Å². The molecule has 0 radical (unpaired) electrons. The molecule has 0 saturated heterocycles. The molecule has 0 spiro atoms. The number of aromatic nitrogens is 2. The van der Waals surface area contributed by atoms with Gasteiger partial charge in [0.2, 0.25) is 0 Å². The predicted octanol–water partition coefficient (Wildman–Crippen LogP) is 1.76. The van der Waals surface area contributed by atoms with E-state index in [1.807, 2.05) is 6.20 Å². The first kappa shape index (κ1) is 7.49. The number of nitrogens with one attached hydrogen (secondary N) is 1. The van der Waals surface area contributed by atoms with E-state index in [-0.39, 0.29) is 5.78 Å². The maximum atomic E-state index is 10.8. The summed E-state index contributed by atoms with van der Waals surface area (Å²) < 4.78 is 1.10. The van der Waals surface area contributed by atoms with E-state index in [4.69, 9.17) is 0 Å². The van der Waals surface area contributed by atoms with Crippen LogP contribution in [-0.4, -0.2) is 15.8 Å². The number of hydrogen-bond acceptors (Lipinski definition) is 3. The molecule has 12 heavy (non-hydrogen) atoms. The summed E-state index contributed by atoms with van der Waals surface area (Å²) in [5.41, 5.74) is 3.72. The number of hydrogen-bond donors (Lipinski definition) is 1. The number of nitrogens with zero attached hydrogens (tertiary/aromatic N) is 1. The molecular weight excluding hydrogens is 172 g/mol. The van der Waals surface area contributed by atoms with Crippen molar-refractivity contribution in [3.05, 3.63) is 17.3 Å². The molecule has 2 heterocycles. The Labute approximate surface area is 73.4 Å². The smallest absolute Gasteiger partial charge is 0.148 e. The van der Waals surface area contributed by atoms with Crippen molar-refractivity contribution in [1.29, 1.82) is 0 Å². The fourth-order valence-corrected chi connectivity index (χ4v) is 1.97. The zero-order valence-electron chi connectivity index (χ0n) is 6.63. The van der Waals surface area contributed by atoms with Crippen LogP contribution in [-0.2, 0) is 11.2 Å². The van der Waals surface area contributed by atoms with Gasteiger partial charge >= 0.3 is 0 Å². The largest absolute Gasteiger partial charge is 0.345 e. The van der Waals surface area contributed by atoms with Crippen LogP contribution in [0.25, 0.3) is 10.3 Å². The molecule has 0 unspecified atom stereocenters. The molecule has 0 aliphatic carbocycles. The van der Waals surface area contributed by atoms with Crippen molar-refractivity contribution in [1.82, 2.24) is 9.97 Å². The van der Waals surface area contributed by atoms with Crippen molar-refractivity contribution >= 4 is 27.5 Å². The summed E-state index contributed by atoms with van der Waals surface area (Å²) in [6.45, 7) is 1.60. The lowest BCUT2D eigenvalue weighted by Crippen LogP contribution is -1.93. The SMILES string of the molecule is CC(=O)Cc1c[nH]c2ncsc12. The summed E-state index contributed by atoms with van der Waals surface area (Å²) in [4.78, 5) is 18.0. The van der Waals surface area contributed by atoms with Crippen molar-refractivity contribution in [3.63, 3.8) is 0 Å². The van der Waals surface area contributed by atoms with Crippen LogP contribution in [0.15, 0.2) is 11.7 Å². The number of Topliss-reactive ketones (excluding diaryl/α,β-unsaturated/α-hetero) is 1. The first-order valence-electron chi connectivity index (χ1n) is 3.66. The molecule has 0 atom stereocenters. The van der Waals surface area contributed by atoms with Crippen molar-refractivity contribution in [3.8, 4) is 0 Å². The monoisotopic (exact) mass is 180 g/mol. The number of rotatable bonds is 2. The van der Waals surface area contributed by atoms with Crippen molar-refractivity contribution in [2.45, 2.75) is 13.3 Å². The lowest BCUT2D eigenvalue weighted by atomic mass is 10.2. The zero-order chi connectivity index (χ0) is 8.55. The Balaban J connectivity index is 2.47. The van der Waals surface area contributed by atoms with Gasteiger partial charge < -0.3 is 4.98 Å². The van der Waals surface area contributed by atoms with E-state index in [9.17, 15) is 4.79 Å². The van der Waals surface area contributed by atoms with E-state index in [0.717, 1.165) is 15.9 Å². The second-order valence-electron chi connectivity index (χ2n) is 2.72. The lowest BCUT2D eigenvalue weighted by Gasteiger charge is -1.88. The Kier molecular flexibility index (Phi) is 1.69. The van der Waals surface area contributed by atoms with Crippen LogP contribution < -0.4 is 0 Å². The van der Waals surface area contributed by atoms with Gasteiger partial charge in [0.25, 0.3) is 0 Å². The fourth-order valence-electron chi connectivity index (χ4n) is 1.20. The summed E-state index contributed by atoms with van der Waals surface area (Å²) in [5.74, 6) is 0.185. The molecule has 2 aromatic heterocycles. The molecule has 0 aromatic carbocycles. The van der Waals surface area contributed by atoms with Crippen LogP contribution in [0.1, 0.15) is 12.5 Å². The summed E-state index contributed by atoms with van der Waals surface area (Å²) >= 11 is 1.57. The summed E-state index contributed by atoms with van der Waals surface area (Å²) in [6, 6.07) is 0. The molecule has 4 heteroatoms. The number of carbonyl (C=O) groups is 1. The number of H-pyrrole nitrogens is 1. The summed E-state index contributed by atoms with van der Waals surface area (Å²) in [7, 11) is 0. The number of ketones is 1. The van der Waals surface area contributed by atoms with Gasteiger partial charge in [0.15, 0.2) is 0 Å². The van der Waals surface area contributed by atoms with Gasteiger partial charge in [0, 0.05) is 12.6 Å². The van der Waals surface area contributed by atoms with Gasteiger partial charge in [-0.15, -0.1) is 11.3 Å². The third kappa shape index (κ3) is 1.14. The summed E-state index contributed by atoms with van der Waals surface area (Å²) in [5, 5.41) is 0. The molecule has 2 rings (SSSR count). The first-order valence-corrected chi connectivity index (χ1v) is 4.54. The molecular formula is C8H8N2OS. The van der Waals surface area contributed by atoms with Gasteiger partial charge in [0.05, 0.1) is 10.2 Å². The van der Waals surface area contributed by atoms with Gasteiger partial charge in [-0.25, -0.2) is 4.98 Å². The highest BCUT2D eigenvalue weighted by Crippen LogP contribution is 2.21. The first-order chi connectivity index (χ1) is 5.77. The predicted molar refractivity (Wildman–Crippen MR) is 48.4 cm³/mol. The molecule has 3 nitrogen and oxygen atoms in total. The molecule has 62 valence electrons. The van der Waals surface area contributed by atoms with Gasteiger partial charge in [-0.3, -0.25) is 4.79 Å². The maximum absolute atomic E-state index is 10.8. The highest BCUT2D eigenvalue weighted by molar-refractivity contribution is 7.16. The van der Waals surface area contributed by atoms with Crippen LogP contribution in [0.3, 0.4) is 0 Å². The lowest BCUT2D eigenvalue weighted by molar-refractivity contribution is -0.116. The molecule has 0 aliphatic rings. The summed E-state index contributed by atoms with van der Waals surface area (Å²) in [6.07, 6.45) is 2.36. The number of carbonyl (C=O) groups excluding carboxylic acids is 1. The van der Waals surface area contributed by atoms with Crippen LogP contribution >= 0.6 is 11.3 Å². The normalized spacial score (nSPS) is 10.8. The maximum Gasteiger partial charge on any atom is 0.148 e. The Morgan fingerprint density at radius 2 is 2.58 bits per heavy atom. The molecule has 2 aromatic rings. The average Bonchev–Trinajstić information content (AvgIpc) is 2.52. The minimum Gasteiger partial charge on any atom is -0.345 e. The van der Waals surface area contributed by atoms with E-state index >= 15 is 0 Å². The third-order valence-electron chi connectivity index (χ3n) is 1.68. The van der Waals surface area contributed by atoms with Crippen molar-refractivity contribution in [2.75, 3.05) is 0 Å². The Morgan fingerprint density at radius 1 is 1.75 bits per heavy atom. The van der Waals surface area contributed by atoms with Crippen LogP contribution in [0, 0.1) is 0 Å². The van der Waals surface area contributed by atoms with Gasteiger partial charge in [-0.05, 0) is 12.5 Å². The van der Waals surface area contributed by atoms with Gasteiger partial charge in [-0.2, -0.15) is 0 Å². The quantitative estimate of drug-likeness (QED) is 0.765. The second-order valence-corrected chi connectivity index (χ2v) is 3.58. The minimum absolute atomic E-state index is 0.185. The van der Waals surface area contributed by atoms with Crippen molar-refractivity contribution in [2.24, 2.45) is 0 Å². The highest BCUT2D eigenvalue weighted by Gasteiger charge is 2.06. The Hall–Kier alpha value is -1.16.